The summed E-state index contributed by atoms with van der Waals surface area (Å²) in [6.07, 6.45) is 4.49. The van der Waals surface area contributed by atoms with Gasteiger partial charge in [-0.2, -0.15) is 0 Å². The molecule has 3 amide bonds. The van der Waals surface area contributed by atoms with Crippen molar-refractivity contribution < 1.29 is 29.0 Å². The number of ether oxygens (including phenoxy) is 2. The maximum absolute atomic E-state index is 15.5. The van der Waals surface area contributed by atoms with Gasteiger partial charge in [0, 0.05) is 36.7 Å². The Kier molecular flexibility index (Phi) is 10.9. The summed E-state index contributed by atoms with van der Waals surface area (Å²) in [5.74, 6) is 0.329. The lowest BCUT2D eigenvalue weighted by atomic mass is 9.82. The first-order chi connectivity index (χ1) is 27.6. The molecular formula is C47H55N3O6Si. The summed E-state index contributed by atoms with van der Waals surface area (Å²) in [6, 6.07) is 32.0. The quantitative estimate of drug-likeness (QED) is 0.182. The number of fused-ring (bicyclic) bond motifs is 3. The third-order valence-electron chi connectivity index (χ3n) is 13.4. The standard InChI is InChI=1S/C47H55N3O6Si/c1-32-45(57(3,4)39-22-20-38(55-2)21-23-39)42(28-44(53)49-30-35-17-12-11-16-34(35)26-37(49)31-51)56-47(32)40-27-36(48-25-13-6-5-10-18-43(48)52)19-24-41(40)50(46(47)54)29-33-14-8-7-9-15-33/h7-9,11-12,14-17,19-24,27,32,37,42,45,51H,5-6,10,13,18,25-26,28-31H2,1-4H3/t32-,37+,42+,45-,47+/m1/s1. The number of carbonyl (C=O) groups excluding carboxylic acids is 3. The Labute approximate surface area is 337 Å². The molecule has 57 heavy (non-hydrogen) atoms. The van der Waals surface area contributed by atoms with Gasteiger partial charge in [0.15, 0.2) is 5.60 Å². The molecule has 9 nitrogen and oxygen atoms in total. The molecule has 4 heterocycles. The van der Waals surface area contributed by atoms with Crippen molar-refractivity contribution in [3.05, 3.63) is 119 Å². The van der Waals surface area contributed by atoms with E-state index < -0.39 is 19.8 Å². The van der Waals surface area contributed by atoms with Crippen molar-refractivity contribution in [1.29, 1.82) is 0 Å². The molecule has 0 saturated carbocycles. The summed E-state index contributed by atoms with van der Waals surface area (Å²) in [5.41, 5.74) is 4.02. The zero-order chi connectivity index (χ0) is 39.9. The maximum atomic E-state index is 15.5. The molecule has 1 N–H and O–H groups in total. The highest BCUT2D eigenvalue weighted by Gasteiger charge is 2.66. The minimum Gasteiger partial charge on any atom is -0.497 e. The average Bonchev–Trinajstić information content (AvgIpc) is 3.64. The second kappa shape index (κ2) is 15.9. The number of carbonyl (C=O) groups is 3. The SMILES string of the molecule is COc1ccc([Si](C)(C)[C@H]2[C@H](CC(=O)N3Cc4ccccc4C[C@H]3CO)O[C@@]3(C(=O)N(Cc4ccccc4)c4ccc(N5CCCCCCC5=O)cc43)[C@@H]2C)cc1. The largest absolute Gasteiger partial charge is 0.497 e. The van der Waals surface area contributed by atoms with Crippen LogP contribution < -0.4 is 19.7 Å². The van der Waals surface area contributed by atoms with Crippen LogP contribution in [0.4, 0.5) is 11.4 Å². The molecular weight excluding hydrogens is 731 g/mol. The van der Waals surface area contributed by atoms with Crippen LogP contribution in [0.3, 0.4) is 0 Å². The van der Waals surface area contributed by atoms with Gasteiger partial charge in [-0.05, 0) is 71.8 Å². The second-order valence-electron chi connectivity index (χ2n) is 17.0. The molecule has 10 heteroatoms. The molecule has 5 atom stereocenters. The molecule has 0 bridgehead atoms. The normalized spacial score (nSPS) is 25.0. The molecule has 0 radical (unpaired) electrons. The summed E-state index contributed by atoms with van der Waals surface area (Å²) in [7, 11) is -0.893. The van der Waals surface area contributed by atoms with Gasteiger partial charge < -0.3 is 29.3 Å². The predicted molar refractivity (Wildman–Crippen MR) is 225 cm³/mol. The number of hydrogen-bond donors (Lipinski definition) is 1. The van der Waals surface area contributed by atoms with Crippen molar-refractivity contribution >= 4 is 42.4 Å². The van der Waals surface area contributed by atoms with E-state index in [1.807, 2.05) is 87.5 Å². The smallest absolute Gasteiger partial charge is 0.264 e. The molecule has 298 valence electrons. The van der Waals surface area contributed by atoms with Gasteiger partial charge >= 0.3 is 0 Å². The van der Waals surface area contributed by atoms with Crippen LogP contribution in [0.25, 0.3) is 0 Å². The van der Waals surface area contributed by atoms with E-state index >= 15 is 4.79 Å². The van der Waals surface area contributed by atoms with Crippen molar-refractivity contribution in [2.75, 3.05) is 30.1 Å². The molecule has 0 aromatic heterocycles. The Morgan fingerprint density at radius 3 is 2.37 bits per heavy atom. The number of amides is 3. The van der Waals surface area contributed by atoms with Crippen LogP contribution in [0.15, 0.2) is 97.1 Å². The minimum atomic E-state index is -2.55. The fourth-order valence-corrected chi connectivity index (χ4v) is 14.4. The van der Waals surface area contributed by atoms with Gasteiger partial charge in [-0.25, -0.2) is 0 Å². The fourth-order valence-electron chi connectivity index (χ4n) is 10.4. The molecule has 2 saturated heterocycles. The molecule has 4 aliphatic heterocycles. The van der Waals surface area contributed by atoms with Crippen molar-refractivity contribution in [3.63, 3.8) is 0 Å². The molecule has 0 aliphatic carbocycles. The number of aliphatic hydroxyl groups excluding tert-OH is 1. The topological polar surface area (TPSA) is 99.6 Å². The van der Waals surface area contributed by atoms with Gasteiger partial charge in [0.25, 0.3) is 5.91 Å². The van der Waals surface area contributed by atoms with Gasteiger partial charge in [-0.1, -0.05) is 105 Å². The predicted octanol–water partition coefficient (Wildman–Crippen LogP) is 7.09. The highest BCUT2D eigenvalue weighted by molar-refractivity contribution is 6.91. The van der Waals surface area contributed by atoms with E-state index in [9.17, 15) is 14.7 Å². The van der Waals surface area contributed by atoms with Gasteiger partial charge in [-0.3, -0.25) is 14.4 Å². The summed E-state index contributed by atoms with van der Waals surface area (Å²) >= 11 is 0. The summed E-state index contributed by atoms with van der Waals surface area (Å²) in [5, 5.41) is 11.7. The molecule has 4 aromatic carbocycles. The van der Waals surface area contributed by atoms with Gasteiger partial charge in [-0.15, -0.1) is 0 Å². The summed E-state index contributed by atoms with van der Waals surface area (Å²) < 4.78 is 12.9. The summed E-state index contributed by atoms with van der Waals surface area (Å²) in [6.45, 7) is 8.05. The zero-order valence-electron chi connectivity index (χ0n) is 33.7. The Balaban J connectivity index is 1.24. The van der Waals surface area contributed by atoms with Crippen molar-refractivity contribution in [1.82, 2.24) is 4.90 Å². The van der Waals surface area contributed by atoms with E-state index in [4.69, 9.17) is 9.47 Å². The molecule has 4 aliphatic rings. The van der Waals surface area contributed by atoms with Gasteiger partial charge in [0.2, 0.25) is 11.8 Å². The van der Waals surface area contributed by atoms with Crippen LogP contribution in [0.2, 0.25) is 18.6 Å². The van der Waals surface area contributed by atoms with E-state index in [0.29, 0.717) is 32.5 Å². The van der Waals surface area contributed by atoms with E-state index in [0.717, 1.165) is 65.1 Å². The van der Waals surface area contributed by atoms with Crippen LogP contribution >= 0.6 is 0 Å². The monoisotopic (exact) mass is 785 g/mol. The zero-order valence-corrected chi connectivity index (χ0v) is 34.7. The third kappa shape index (κ3) is 6.99. The highest BCUT2D eigenvalue weighted by atomic mass is 28.3. The number of anilines is 2. The third-order valence-corrected chi connectivity index (χ3v) is 17.8. The number of aliphatic hydroxyl groups is 1. The lowest BCUT2D eigenvalue weighted by molar-refractivity contribution is -0.151. The Morgan fingerprint density at radius 2 is 1.63 bits per heavy atom. The van der Waals surface area contributed by atoms with Crippen LogP contribution in [0, 0.1) is 5.92 Å². The summed E-state index contributed by atoms with van der Waals surface area (Å²) in [4.78, 5) is 49.4. The van der Waals surface area contributed by atoms with Crippen LogP contribution in [-0.2, 0) is 44.2 Å². The van der Waals surface area contributed by atoms with Crippen LogP contribution in [0.1, 0.15) is 67.7 Å². The molecule has 2 fully saturated rings. The van der Waals surface area contributed by atoms with Crippen molar-refractivity contribution in [2.45, 2.75) is 101 Å². The minimum absolute atomic E-state index is 0.0770. The molecule has 4 aromatic rings. The molecule has 8 rings (SSSR count). The molecule has 1 spiro atoms. The van der Waals surface area contributed by atoms with E-state index in [2.05, 4.69) is 44.3 Å². The lowest BCUT2D eigenvalue weighted by Gasteiger charge is -2.39. The van der Waals surface area contributed by atoms with Crippen LogP contribution in [0.5, 0.6) is 5.75 Å². The van der Waals surface area contributed by atoms with E-state index in [1.165, 1.54) is 5.19 Å². The van der Waals surface area contributed by atoms with Crippen molar-refractivity contribution in [2.24, 2.45) is 5.92 Å². The number of methoxy groups -OCH3 is 1. The Hall–Kier alpha value is -4.77. The Bertz CT molecular complexity index is 2130. The lowest BCUT2D eigenvalue weighted by Crippen LogP contribution is -2.52. The first kappa shape index (κ1) is 39.1. The van der Waals surface area contributed by atoms with Crippen molar-refractivity contribution in [3.8, 4) is 5.75 Å². The molecule has 0 unspecified atom stereocenters. The maximum Gasteiger partial charge on any atom is 0.264 e. The second-order valence-corrected chi connectivity index (χ2v) is 21.7. The first-order valence-electron chi connectivity index (χ1n) is 20.7. The first-order valence-corrected chi connectivity index (χ1v) is 23.7. The highest BCUT2D eigenvalue weighted by Crippen LogP contribution is 2.60. The number of benzene rings is 4. The van der Waals surface area contributed by atoms with Gasteiger partial charge in [0.1, 0.15) is 5.75 Å². The van der Waals surface area contributed by atoms with E-state index in [-0.39, 0.29) is 48.3 Å². The van der Waals surface area contributed by atoms with E-state index in [1.54, 1.807) is 7.11 Å². The Morgan fingerprint density at radius 1 is 0.912 bits per heavy atom. The van der Waals surface area contributed by atoms with Crippen LogP contribution in [-0.4, -0.2) is 68.2 Å². The number of rotatable bonds is 9. The number of nitrogens with zero attached hydrogens (tertiary/aromatic N) is 3. The van der Waals surface area contributed by atoms with Gasteiger partial charge in [0.05, 0.1) is 52.6 Å². The average molecular weight is 786 g/mol. The number of hydrogen-bond acceptors (Lipinski definition) is 6. The fraction of sp³-hybridized carbons (Fsp3) is 0.426.